The highest BCUT2D eigenvalue weighted by atomic mass is 35.5. The van der Waals surface area contributed by atoms with Crippen molar-refractivity contribution in [2.45, 2.75) is 19.4 Å². The van der Waals surface area contributed by atoms with Gasteiger partial charge >= 0.3 is 0 Å². The number of ketones is 1. The number of rotatable bonds is 6. The molecular weight excluding hydrogens is 503 g/mol. The van der Waals surface area contributed by atoms with Gasteiger partial charge in [-0.15, -0.1) is 22.7 Å². The molecule has 0 bridgehead atoms. The number of hydrogen-bond donors (Lipinski definition) is 2. The molecule has 2 N–H and O–H groups in total. The second kappa shape index (κ2) is 9.95. The normalized spacial score (nSPS) is 16.4. The minimum atomic E-state index is -0.488. The van der Waals surface area contributed by atoms with Crippen molar-refractivity contribution in [1.82, 2.24) is 4.90 Å². The quantitative estimate of drug-likeness (QED) is 0.335. The summed E-state index contributed by atoms with van der Waals surface area (Å²) in [6.07, 6.45) is 0.0806. The minimum Gasteiger partial charge on any atom is -0.506 e. The molecule has 172 valence electrons. The molecule has 0 saturated carbocycles. The fourth-order valence-electron chi connectivity index (χ4n) is 3.49. The topological polar surface area (TPSA) is 90.2 Å². The van der Waals surface area contributed by atoms with Crippen molar-refractivity contribution >= 4 is 63.3 Å². The maximum absolute atomic E-state index is 12.6. The van der Waals surface area contributed by atoms with E-state index in [4.69, 9.17) is 23.2 Å². The number of carbonyl (C=O) groups is 2. The number of amides is 1. The molecule has 1 aromatic carbocycles. The van der Waals surface area contributed by atoms with Gasteiger partial charge in [0.15, 0.2) is 5.78 Å². The van der Waals surface area contributed by atoms with Gasteiger partial charge in [0.05, 0.1) is 30.8 Å². The molecular formula is C23H20Cl2N2O4S2. The molecule has 4 rings (SSSR count). The van der Waals surface area contributed by atoms with E-state index in [9.17, 15) is 19.8 Å². The zero-order valence-electron chi connectivity index (χ0n) is 17.5. The van der Waals surface area contributed by atoms with Crippen molar-refractivity contribution in [2.75, 3.05) is 19.6 Å². The Labute approximate surface area is 208 Å². The smallest absolute Gasteiger partial charge is 0.264 e. The van der Waals surface area contributed by atoms with E-state index in [1.807, 2.05) is 0 Å². The van der Waals surface area contributed by atoms with Crippen LogP contribution >= 0.6 is 45.9 Å². The summed E-state index contributed by atoms with van der Waals surface area (Å²) in [5.41, 5.74) is 1.81. The van der Waals surface area contributed by atoms with Gasteiger partial charge in [-0.2, -0.15) is 0 Å². The largest absolute Gasteiger partial charge is 0.506 e. The zero-order valence-corrected chi connectivity index (χ0v) is 20.7. The Kier molecular flexibility index (Phi) is 7.21. The molecule has 1 atom stereocenters. The standard InChI is InChI=1S/C23H20Cl2N2O4S2/c1-12(15-11-32-22(21(15)30)13-2-3-16(24)17(25)8-13)26-9-18(29)19-4-5-20(33-19)23(31)27-7-6-14(28)10-27/h2-5,8,11,14,28,30H,6-7,9-10H2,1H3. The first kappa shape index (κ1) is 23.9. The molecule has 1 amide bonds. The highest BCUT2D eigenvalue weighted by Crippen LogP contribution is 2.40. The van der Waals surface area contributed by atoms with Crippen LogP contribution in [0.3, 0.4) is 0 Å². The second-order valence-electron chi connectivity index (χ2n) is 7.64. The van der Waals surface area contributed by atoms with Gasteiger partial charge in [-0.05, 0) is 43.2 Å². The van der Waals surface area contributed by atoms with E-state index in [1.165, 1.54) is 11.3 Å². The molecule has 0 radical (unpaired) electrons. The monoisotopic (exact) mass is 522 g/mol. The molecule has 3 aromatic rings. The maximum Gasteiger partial charge on any atom is 0.264 e. The number of aliphatic hydroxyl groups is 1. The van der Waals surface area contributed by atoms with E-state index < -0.39 is 6.10 Å². The summed E-state index contributed by atoms with van der Waals surface area (Å²) in [6.45, 7) is 2.46. The lowest BCUT2D eigenvalue weighted by molar-refractivity contribution is 0.0769. The molecule has 6 nitrogen and oxygen atoms in total. The minimum absolute atomic E-state index is 0.0731. The maximum atomic E-state index is 12.6. The van der Waals surface area contributed by atoms with Gasteiger partial charge in [-0.1, -0.05) is 29.3 Å². The van der Waals surface area contributed by atoms with Gasteiger partial charge < -0.3 is 15.1 Å². The SMILES string of the molecule is CC(=NCC(=O)c1ccc(C(=O)N2CCC(O)C2)s1)c1csc(-c2ccc(Cl)c(Cl)c2)c1O. The fraction of sp³-hybridized carbons (Fsp3) is 0.261. The van der Waals surface area contributed by atoms with Crippen molar-refractivity contribution in [2.24, 2.45) is 4.99 Å². The number of benzene rings is 1. The Morgan fingerprint density at radius 2 is 1.94 bits per heavy atom. The Hall–Kier alpha value is -2.23. The Balaban J connectivity index is 1.45. The van der Waals surface area contributed by atoms with Crippen molar-refractivity contribution in [1.29, 1.82) is 0 Å². The number of aliphatic imine (C=N–C) groups is 1. The van der Waals surface area contributed by atoms with Crippen LogP contribution in [-0.2, 0) is 0 Å². The number of nitrogens with zero attached hydrogens (tertiary/aromatic N) is 2. The number of halogens is 2. The average Bonchev–Trinajstić information content (AvgIpc) is 3.53. The van der Waals surface area contributed by atoms with Gasteiger partial charge in [-0.3, -0.25) is 14.6 Å². The van der Waals surface area contributed by atoms with Gasteiger partial charge in [0, 0.05) is 29.7 Å². The van der Waals surface area contributed by atoms with Gasteiger partial charge in [-0.25, -0.2) is 0 Å². The van der Waals surface area contributed by atoms with Gasteiger partial charge in [0.25, 0.3) is 5.91 Å². The molecule has 1 aliphatic rings. The molecule has 10 heteroatoms. The zero-order chi connectivity index (χ0) is 23.7. The number of β-amino-alcohol motifs (C(OH)–C–C–N with tert-alkyl or cyclic N) is 1. The van der Waals surface area contributed by atoms with Gasteiger partial charge in [0.1, 0.15) is 12.3 Å². The number of likely N-dealkylation sites (tertiary alicyclic amines) is 1. The highest BCUT2D eigenvalue weighted by molar-refractivity contribution is 7.16. The number of hydrogen-bond acceptors (Lipinski definition) is 7. The molecule has 1 unspecified atom stereocenters. The summed E-state index contributed by atoms with van der Waals surface area (Å²) in [5, 5.41) is 22.9. The lowest BCUT2D eigenvalue weighted by Gasteiger charge is -2.13. The summed E-state index contributed by atoms with van der Waals surface area (Å²) in [5.74, 6) is -0.309. The summed E-state index contributed by atoms with van der Waals surface area (Å²) in [7, 11) is 0. The van der Waals surface area contributed by atoms with Crippen molar-refractivity contribution in [3.8, 4) is 16.2 Å². The molecule has 1 saturated heterocycles. The number of aromatic hydroxyl groups is 1. The second-order valence-corrected chi connectivity index (χ2v) is 10.4. The van der Waals surface area contributed by atoms with E-state index in [2.05, 4.69) is 4.99 Å². The average molecular weight is 523 g/mol. The summed E-state index contributed by atoms with van der Waals surface area (Å²) >= 11 is 14.5. The van der Waals surface area contributed by atoms with Crippen molar-refractivity contribution < 1.29 is 19.8 Å². The first-order valence-corrected chi connectivity index (χ1v) is 12.6. The number of carbonyl (C=O) groups excluding carboxylic acids is 2. The lowest BCUT2D eigenvalue weighted by Crippen LogP contribution is -2.28. The molecule has 33 heavy (non-hydrogen) atoms. The van der Waals surface area contributed by atoms with E-state index in [0.29, 0.717) is 55.5 Å². The highest BCUT2D eigenvalue weighted by Gasteiger charge is 2.26. The Morgan fingerprint density at radius 1 is 1.18 bits per heavy atom. The van der Waals surface area contributed by atoms with E-state index in [1.54, 1.807) is 47.5 Å². The van der Waals surface area contributed by atoms with Crippen LogP contribution in [-0.4, -0.2) is 58.3 Å². The first-order valence-electron chi connectivity index (χ1n) is 10.1. The van der Waals surface area contributed by atoms with E-state index in [-0.39, 0.29) is 24.0 Å². The number of thiophene rings is 2. The van der Waals surface area contributed by atoms with Crippen LogP contribution < -0.4 is 0 Å². The fourth-order valence-corrected chi connectivity index (χ4v) is 5.69. The van der Waals surface area contributed by atoms with Crippen LogP contribution in [0.25, 0.3) is 10.4 Å². The van der Waals surface area contributed by atoms with Crippen LogP contribution in [0.1, 0.15) is 38.3 Å². The van der Waals surface area contributed by atoms with Crippen molar-refractivity contribution in [3.05, 3.63) is 61.1 Å². The predicted molar refractivity (Wildman–Crippen MR) is 134 cm³/mol. The Morgan fingerprint density at radius 3 is 2.64 bits per heavy atom. The van der Waals surface area contributed by atoms with Crippen molar-refractivity contribution in [3.63, 3.8) is 0 Å². The third-order valence-corrected chi connectivity index (χ3v) is 8.21. The van der Waals surface area contributed by atoms with E-state index in [0.717, 1.165) is 16.9 Å². The van der Waals surface area contributed by atoms with E-state index >= 15 is 0 Å². The summed E-state index contributed by atoms with van der Waals surface area (Å²) in [4.78, 5) is 32.6. The Bertz CT molecular complexity index is 1250. The molecule has 1 aliphatic heterocycles. The van der Waals surface area contributed by atoms with Crippen LogP contribution in [0.2, 0.25) is 10.0 Å². The first-order chi connectivity index (χ1) is 15.7. The number of Topliss-reactive ketones (excluding diaryl/α,β-unsaturated/α-hetero) is 1. The summed E-state index contributed by atoms with van der Waals surface area (Å²) < 4.78 is 0. The molecule has 3 heterocycles. The van der Waals surface area contributed by atoms with Crippen LogP contribution in [0.5, 0.6) is 5.75 Å². The summed E-state index contributed by atoms with van der Waals surface area (Å²) in [6, 6.07) is 8.40. The van der Waals surface area contributed by atoms with Crippen LogP contribution in [0, 0.1) is 0 Å². The molecule has 2 aromatic heterocycles. The third-order valence-electron chi connectivity index (χ3n) is 5.34. The lowest BCUT2D eigenvalue weighted by atomic mass is 10.1. The predicted octanol–water partition coefficient (Wildman–Crippen LogP) is 5.39. The molecule has 0 spiro atoms. The molecule has 1 fully saturated rings. The van der Waals surface area contributed by atoms with Gasteiger partial charge in [0.2, 0.25) is 0 Å². The van der Waals surface area contributed by atoms with Crippen LogP contribution in [0.15, 0.2) is 40.7 Å². The number of aliphatic hydroxyl groups excluding tert-OH is 1. The van der Waals surface area contributed by atoms with Crippen LogP contribution in [0.4, 0.5) is 0 Å². The molecule has 0 aliphatic carbocycles. The third kappa shape index (κ3) is 5.15.